The van der Waals surface area contributed by atoms with E-state index in [1.54, 1.807) is 30.5 Å². The SMILES string of the molecule is Cc1ccc(C(=O)NN=Cc2c(OCc3ccc(F)cc3)ccc3ccccc23)cc1. The Morgan fingerprint density at radius 3 is 2.48 bits per heavy atom. The quantitative estimate of drug-likeness (QED) is 0.330. The maximum Gasteiger partial charge on any atom is 0.271 e. The van der Waals surface area contributed by atoms with Crippen molar-refractivity contribution >= 4 is 22.9 Å². The Kier molecular flexibility index (Phi) is 6.03. The van der Waals surface area contributed by atoms with E-state index in [2.05, 4.69) is 10.5 Å². The van der Waals surface area contributed by atoms with Gasteiger partial charge in [-0.2, -0.15) is 5.10 Å². The van der Waals surface area contributed by atoms with Crippen LogP contribution in [0.4, 0.5) is 4.39 Å². The molecular formula is C26H21FN2O2. The van der Waals surface area contributed by atoms with Crippen molar-refractivity contribution in [3.8, 4) is 5.75 Å². The van der Waals surface area contributed by atoms with Crippen LogP contribution in [0, 0.1) is 12.7 Å². The van der Waals surface area contributed by atoms with E-state index in [0.29, 0.717) is 11.3 Å². The highest BCUT2D eigenvalue weighted by atomic mass is 19.1. The maximum atomic E-state index is 13.1. The van der Waals surface area contributed by atoms with Crippen molar-refractivity contribution in [1.82, 2.24) is 5.43 Å². The fraction of sp³-hybridized carbons (Fsp3) is 0.0769. The second-order valence-corrected chi connectivity index (χ2v) is 7.18. The molecule has 0 aromatic heterocycles. The average molecular weight is 412 g/mol. The third-order valence-electron chi connectivity index (χ3n) is 4.91. The van der Waals surface area contributed by atoms with Gasteiger partial charge in [-0.1, -0.05) is 60.2 Å². The van der Waals surface area contributed by atoms with Crippen molar-refractivity contribution in [3.63, 3.8) is 0 Å². The molecule has 5 heteroatoms. The molecule has 0 saturated heterocycles. The Morgan fingerprint density at radius 1 is 0.968 bits per heavy atom. The molecule has 0 radical (unpaired) electrons. The molecule has 4 aromatic carbocycles. The van der Waals surface area contributed by atoms with Gasteiger partial charge < -0.3 is 4.74 Å². The largest absolute Gasteiger partial charge is 0.488 e. The van der Waals surface area contributed by atoms with Crippen molar-refractivity contribution in [2.45, 2.75) is 13.5 Å². The molecule has 31 heavy (non-hydrogen) atoms. The van der Waals surface area contributed by atoms with Crippen molar-refractivity contribution in [3.05, 3.63) is 113 Å². The van der Waals surface area contributed by atoms with Gasteiger partial charge in [0.1, 0.15) is 18.2 Å². The first-order valence-electron chi connectivity index (χ1n) is 9.89. The summed E-state index contributed by atoms with van der Waals surface area (Å²) in [4.78, 5) is 12.3. The highest BCUT2D eigenvalue weighted by Gasteiger charge is 2.09. The lowest BCUT2D eigenvalue weighted by molar-refractivity contribution is 0.0955. The van der Waals surface area contributed by atoms with Crippen LogP contribution in [0.2, 0.25) is 0 Å². The number of carbonyl (C=O) groups excluding carboxylic acids is 1. The lowest BCUT2D eigenvalue weighted by atomic mass is 10.0. The number of nitrogens with one attached hydrogen (secondary N) is 1. The first-order valence-corrected chi connectivity index (χ1v) is 9.89. The van der Waals surface area contributed by atoms with E-state index in [4.69, 9.17) is 4.74 Å². The fourth-order valence-electron chi connectivity index (χ4n) is 3.20. The molecule has 4 rings (SSSR count). The number of hydrazone groups is 1. The van der Waals surface area contributed by atoms with Gasteiger partial charge in [-0.3, -0.25) is 4.79 Å². The number of ether oxygens (including phenoxy) is 1. The maximum absolute atomic E-state index is 13.1. The zero-order chi connectivity index (χ0) is 21.6. The van der Waals surface area contributed by atoms with Gasteiger partial charge in [-0.15, -0.1) is 0 Å². The van der Waals surface area contributed by atoms with Crippen LogP contribution in [0.15, 0.2) is 90.0 Å². The van der Waals surface area contributed by atoms with Crippen molar-refractivity contribution < 1.29 is 13.9 Å². The number of aryl methyl sites for hydroxylation is 1. The molecule has 0 spiro atoms. The highest BCUT2D eigenvalue weighted by Crippen LogP contribution is 2.27. The summed E-state index contributed by atoms with van der Waals surface area (Å²) in [7, 11) is 0. The second-order valence-electron chi connectivity index (χ2n) is 7.18. The Bertz CT molecular complexity index is 1230. The minimum absolute atomic E-state index is 0.286. The van der Waals surface area contributed by atoms with E-state index in [-0.39, 0.29) is 18.3 Å². The number of benzene rings is 4. The van der Waals surface area contributed by atoms with Crippen LogP contribution >= 0.6 is 0 Å². The number of nitrogens with zero attached hydrogens (tertiary/aromatic N) is 1. The smallest absolute Gasteiger partial charge is 0.271 e. The number of amides is 1. The average Bonchev–Trinajstić information content (AvgIpc) is 2.79. The standard InChI is InChI=1S/C26H21FN2O2/c1-18-6-10-21(11-7-18)26(30)29-28-16-24-23-5-3-2-4-20(23)12-15-25(24)31-17-19-8-13-22(27)14-9-19/h2-16H,17H2,1H3,(H,29,30). The van der Waals surface area contributed by atoms with Crippen LogP contribution in [0.1, 0.15) is 27.0 Å². The number of halogens is 1. The zero-order valence-corrected chi connectivity index (χ0v) is 17.0. The molecule has 0 aliphatic carbocycles. The molecule has 154 valence electrons. The minimum Gasteiger partial charge on any atom is -0.488 e. The van der Waals surface area contributed by atoms with Gasteiger partial charge in [0.25, 0.3) is 5.91 Å². The van der Waals surface area contributed by atoms with E-state index in [1.807, 2.05) is 55.5 Å². The molecule has 0 aliphatic rings. The molecule has 1 N–H and O–H groups in total. The predicted octanol–water partition coefficient (Wildman–Crippen LogP) is 5.63. The van der Waals surface area contributed by atoms with Crippen LogP contribution in [0.3, 0.4) is 0 Å². The van der Waals surface area contributed by atoms with Gasteiger partial charge in [0.05, 0.1) is 6.21 Å². The Morgan fingerprint density at radius 2 is 1.71 bits per heavy atom. The number of carbonyl (C=O) groups is 1. The molecule has 0 fully saturated rings. The van der Waals surface area contributed by atoms with Crippen molar-refractivity contribution in [2.75, 3.05) is 0 Å². The van der Waals surface area contributed by atoms with Gasteiger partial charge in [0, 0.05) is 11.1 Å². The molecule has 4 aromatic rings. The first-order chi connectivity index (χ1) is 15.1. The lowest BCUT2D eigenvalue weighted by Gasteiger charge is -2.12. The third kappa shape index (κ3) is 4.95. The van der Waals surface area contributed by atoms with Gasteiger partial charge in [0.15, 0.2) is 0 Å². The van der Waals surface area contributed by atoms with Gasteiger partial charge >= 0.3 is 0 Å². The first kappa shape index (κ1) is 20.3. The molecule has 0 atom stereocenters. The molecule has 0 aliphatic heterocycles. The molecule has 4 nitrogen and oxygen atoms in total. The normalized spacial score (nSPS) is 11.0. The summed E-state index contributed by atoms with van der Waals surface area (Å²) in [5.74, 6) is 0.0493. The molecule has 0 heterocycles. The van der Waals surface area contributed by atoms with E-state index in [0.717, 1.165) is 27.5 Å². The molecule has 1 amide bonds. The molecular weight excluding hydrogens is 391 g/mol. The van der Waals surface area contributed by atoms with Crippen LogP contribution in [0.5, 0.6) is 5.75 Å². The lowest BCUT2D eigenvalue weighted by Crippen LogP contribution is -2.17. The van der Waals surface area contributed by atoms with Gasteiger partial charge in [0.2, 0.25) is 0 Å². The van der Waals surface area contributed by atoms with E-state index in [9.17, 15) is 9.18 Å². The topological polar surface area (TPSA) is 50.7 Å². The van der Waals surface area contributed by atoms with E-state index >= 15 is 0 Å². The molecule has 0 saturated carbocycles. The summed E-state index contributed by atoms with van der Waals surface area (Å²) >= 11 is 0. The Balaban J connectivity index is 1.57. The summed E-state index contributed by atoms with van der Waals surface area (Å²) in [5.41, 5.74) is 5.80. The molecule has 0 bridgehead atoms. The van der Waals surface area contributed by atoms with Crippen LogP contribution in [-0.4, -0.2) is 12.1 Å². The van der Waals surface area contributed by atoms with Crippen LogP contribution in [0.25, 0.3) is 10.8 Å². The summed E-state index contributed by atoms with van der Waals surface area (Å²) in [6.07, 6.45) is 1.59. The van der Waals surface area contributed by atoms with Crippen molar-refractivity contribution in [2.24, 2.45) is 5.10 Å². The monoisotopic (exact) mass is 412 g/mol. The highest BCUT2D eigenvalue weighted by molar-refractivity contribution is 6.03. The molecule has 0 unspecified atom stereocenters. The summed E-state index contributed by atoms with van der Waals surface area (Å²) in [6.45, 7) is 2.25. The zero-order valence-electron chi connectivity index (χ0n) is 17.0. The number of fused-ring (bicyclic) bond motifs is 1. The van der Waals surface area contributed by atoms with E-state index in [1.165, 1.54) is 12.1 Å². The van der Waals surface area contributed by atoms with E-state index < -0.39 is 0 Å². The number of hydrogen-bond donors (Lipinski definition) is 1. The Hall–Kier alpha value is -3.99. The number of rotatable bonds is 6. The van der Waals surface area contributed by atoms with Gasteiger partial charge in [-0.25, -0.2) is 9.82 Å². The van der Waals surface area contributed by atoms with Crippen LogP contribution < -0.4 is 10.2 Å². The fourth-order valence-corrected chi connectivity index (χ4v) is 3.20. The van der Waals surface area contributed by atoms with Crippen molar-refractivity contribution in [1.29, 1.82) is 0 Å². The van der Waals surface area contributed by atoms with Crippen LogP contribution in [-0.2, 0) is 6.61 Å². The summed E-state index contributed by atoms with van der Waals surface area (Å²) in [6, 6.07) is 25.2. The predicted molar refractivity (Wildman–Crippen MR) is 121 cm³/mol. The third-order valence-corrected chi connectivity index (χ3v) is 4.91. The van der Waals surface area contributed by atoms with Gasteiger partial charge in [-0.05, 0) is 53.6 Å². The summed E-state index contributed by atoms with van der Waals surface area (Å²) < 4.78 is 19.1. The number of hydrogen-bond acceptors (Lipinski definition) is 3. The second kappa shape index (κ2) is 9.22. The minimum atomic E-state index is -0.287. The summed E-state index contributed by atoms with van der Waals surface area (Å²) in [5, 5.41) is 6.15. The Labute approximate surface area is 180 Å².